The SMILES string of the molecule is Cc1cc(C)c(OC(C)F)cn1. The zero-order valence-electron chi connectivity index (χ0n) is 7.47. The highest BCUT2D eigenvalue weighted by Gasteiger charge is 2.03. The average Bonchev–Trinajstić information content (AvgIpc) is 1.94. The molecular weight excluding hydrogens is 157 g/mol. The molecule has 1 heterocycles. The molecule has 0 aliphatic carbocycles. The van der Waals surface area contributed by atoms with Crippen molar-refractivity contribution in [2.24, 2.45) is 0 Å². The summed E-state index contributed by atoms with van der Waals surface area (Å²) >= 11 is 0. The maximum atomic E-state index is 12.4. The highest BCUT2D eigenvalue weighted by Crippen LogP contribution is 2.17. The summed E-state index contributed by atoms with van der Waals surface area (Å²) in [5.74, 6) is 0.510. The van der Waals surface area contributed by atoms with Gasteiger partial charge in [-0.15, -0.1) is 0 Å². The van der Waals surface area contributed by atoms with Crippen LogP contribution in [0.3, 0.4) is 0 Å². The van der Waals surface area contributed by atoms with E-state index in [1.165, 1.54) is 6.92 Å². The molecule has 0 aliphatic rings. The predicted octanol–water partition coefficient (Wildman–Crippen LogP) is 2.39. The number of aromatic nitrogens is 1. The Morgan fingerprint density at radius 2 is 2.17 bits per heavy atom. The van der Waals surface area contributed by atoms with Gasteiger partial charge in [-0.25, -0.2) is 4.39 Å². The minimum absolute atomic E-state index is 0.510. The van der Waals surface area contributed by atoms with Gasteiger partial charge in [0.25, 0.3) is 0 Å². The van der Waals surface area contributed by atoms with E-state index < -0.39 is 6.36 Å². The maximum Gasteiger partial charge on any atom is 0.235 e. The van der Waals surface area contributed by atoms with Crippen LogP contribution in [0.15, 0.2) is 12.3 Å². The largest absolute Gasteiger partial charge is 0.459 e. The molecule has 3 heteroatoms. The van der Waals surface area contributed by atoms with Gasteiger partial charge in [-0.3, -0.25) is 4.98 Å². The van der Waals surface area contributed by atoms with Crippen molar-refractivity contribution in [3.63, 3.8) is 0 Å². The van der Waals surface area contributed by atoms with Gasteiger partial charge in [0.2, 0.25) is 6.36 Å². The van der Waals surface area contributed by atoms with E-state index in [9.17, 15) is 4.39 Å². The summed E-state index contributed by atoms with van der Waals surface area (Å²) in [5, 5.41) is 0. The van der Waals surface area contributed by atoms with Crippen molar-refractivity contribution in [1.29, 1.82) is 0 Å². The highest BCUT2D eigenvalue weighted by atomic mass is 19.1. The Kier molecular flexibility index (Phi) is 2.63. The molecule has 0 fully saturated rings. The van der Waals surface area contributed by atoms with Crippen LogP contribution in [0, 0.1) is 13.8 Å². The summed E-state index contributed by atoms with van der Waals surface area (Å²) in [4.78, 5) is 4.00. The van der Waals surface area contributed by atoms with Crippen LogP contribution < -0.4 is 4.74 Å². The summed E-state index contributed by atoms with van der Waals surface area (Å²) in [6, 6.07) is 1.86. The van der Waals surface area contributed by atoms with Crippen LogP contribution in [0.1, 0.15) is 18.2 Å². The summed E-state index contributed by atoms with van der Waals surface area (Å²) in [6.07, 6.45) is 0.258. The molecule has 0 spiro atoms. The third-order valence-corrected chi connectivity index (χ3v) is 1.49. The second-order valence-electron chi connectivity index (χ2n) is 2.75. The molecule has 1 unspecified atom stereocenters. The Morgan fingerprint density at radius 1 is 1.50 bits per heavy atom. The molecule has 12 heavy (non-hydrogen) atoms. The normalized spacial score (nSPS) is 12.7. The molecule has 1 atom stereocenters. The van der Waals surface area contributed by atoms with Crippen molar-refractivity contribution < 1.29 is 9.13 Å². The van der Waals surface area contributed by atoms with E-state index in [2.05, 4.69) is 4.98 Å². The standard InChI is InChI=1S/C9H12FNO/c1-6-4-7(2)11-5-9(6)12-8(3)10/h4-5,8H,1-3H3. The number of nitrogens with zero attached hydrogens (tertiary/aromatic N) is 1. The smallest absolute Gasteiger partial charge is 0.235 e. The lowest BCUT2D eigenvalue weighted by Crippen LogP contribution is -2.05. The number of aryl methyl sites for hydroxylation is 2. The highest BCUT2D eigenvalue weighted by molar-refractivity contribution is 5.30. The van der Waals surface area contributed by atoms with Crippen molar-refractivity contribution in [3.05, 3.63) is 23.5 Å². The Bertz CT molecular complexity index is 273. The van der Waals surface area contributed by atoms with Crippen LogP contribution in [0.4, 0.5) is 4.39 Å². The topological polar surface area (TPSA) is 22.1 Å². The predicted molar refractivity (Wildman–Crippen MR) is 44.9 cm³/mol. The number of hydrogen-bond donors (Lipinski definition) is 0. The van der Waals surface area contributed by atoms with E-state index in [1.807, 2.05) is 19.9 Å². The molecule has 2 nitrogen and oxygen atoms in total. The van der Waals surface area contributed by atoms with Gasteiger partial charge in [-0.1, -0.05) is 0 Å². The van der Waals surface area contributed by atoms with E-state index in [0.29, 0.717) is 5.75 Å². The number of halogens is 1. The summed E-state index contributed by atoms with van der Waals surface area (Å²) in [6.45, 7) is 5.10. The third kappa shape index (κ3) is 2.19. The first kappa shape index (κ1) is 8.97. The molecule has 0 aromatic carbocycles. The van der Waals surface area contributed by atoms with Crippen molar-refractivity contribution in [2.75, 3.05) is 0 Å². The maximum absolute atomic E-state index is 12.4. The average molecular weight is 169 g/mol. The van der Waals surface area contributed by atoms with Gasteiger partial charge >= 0.3 is 0 Å². The molecule has 0 amide bonds. The fourth-order valence-corrected chi connectivity index (χ4v) is 0.982. The molecule has 1 aromatic rings. The first-order valence-corrected chi connectivity index (χ1v) is 3.83. The van der Waals surface area contributed by atoms with Gasteiger partial charge in [-0.2, -0.15) is 0 Å². The van der Waals surface area contributed by atoms with Crippen molar-refractivity contribution in [1.82, 2.24) is 4.98 Å². The van der Waals surface area contributed by atoms with E-state index in [1.54, 1.807) is 6.20 Å². The van der Waals surface area contributed by atoms with E-state index in [-0.39, 0.29) is 0 Å². The lowest BCUT2D eigenvalue weighted by molar-refractivity contribution is 0.0848. The van der Waals surface area contributed by atoms with Crippen LogP contribution in [-0.4, -0.2) is 11.3 Å². The number of hydrogen-bond acceptors (Lipinski definition) is 2. The van der Waals surface area contributed by atoms with Crippen molar-refractivity contribution >= 4 is 0 Å². The summed E-state index contributed by atoms with van der Waals surface area (Å²) < 4.78 is 17.3. The second-order valence-corrected chi connectivity index (χ2v) is 2.75. The summed E-state index contributed by atoms with van der Waals surface area (Å²) in [5.41, 5.74) is 1.82. The first-order chi connectivity index (χ1) is 5.59. The number of ether oxygens (including phenoxy) is 1. The van der Waals surface area contributed by atoms with E-state index in [4.69, 9.17) is 4.74 Å². The third-order valence-electron chi connectivity index (χ3n) is 1.49. The van der Waals surface area contributed by atoms with Crippen molar-refractivity contribution in [3.8, 4) is 5.75 Å². The summed E-state index contributed by atoms with van der Waals surface area (Å²) in [7, 11) is 0. The van der Waals surface area contributed by atoms with Gasteiger partial charge in [0, 0.05) is 12.6 Å². The molecule has 0 saturated heterocycles. The molecule has 0 radical (unpaired) electrons. The minimum atomic E-state index is -1.28. The molecule has 1 rings (SSSR count). The zero-order chi connectivity index (χ0) is 9.14. The molecular formula is C9H12FNO. The molecule has 1 aromatic heterocycles. The van der Waals surface area contributed by atoms with Crippen LogP contribution in [0.25, 0.3) is 0 Å². The fourth-order valence-electron chi connectivity index (χ4n) is 0.982. The lowest BCUT2D eigenvalue weighted by Gasteiger charge is -2.09. The Balaban J connectivity index is 2.86. The number of rotatable bonds is 2. The Morgan fingerprint density at radius 3 is 2.67 bits per heavy atom. The van der Waals surface area contributed by atoms with Crippen LogP contribution >= 0.6 is 0 Å². The fraction of sp³-hybridized carbons (Fsp3) is 0.444. The molecule has 66 valence electrons. The van der Waals surface area contributed by atoms with Crippen LogP contribution in [-0.2, 0) is 0 Å². The number of alkyl halides is 1. The van der Waals surface area contributed by atoms with Gasteiger partial charge in [0.15, 0.2) is 0 Å². The monoisotopic (exact) mass is 169 g/mol. The van der Waals surface area contributed by atoms with Gasteiger partial charge in [0.1, 0.15) is 5.75 Å². The molecule has 0 N–H and O–H groups in total. The molecule has 0 bridgehead atoms. The second kappa shape index (κ2) is 3.52. The van der Waals surface area contributed by atoms with Gasteiger partial charge in [0.05, 0.1) is 6.20 Å². The van der Waals surface area contributed by atoms with Crippen LogP contribution in [0.5, 0.6) is 5.75 Å². The lowest BCUT2D eigenvalue weighted by atomic mass is 10.2. The van der Waals surface area contributed by atoms with E-state index >= 15 is 0 Å². The van der Waals surface area contributed by atoms with Crippen LogP contribution in [0.2, 0.25) is 0 Å². The van der Waals surface area contributed by atoms with Gasteiger partial charge < -0.3 is 4.74 Å². The number of pyridine rings is 1. The first-order valence-electron chi connectivity index (χ1n) is 3.83. The van der Waals surface area contributed by atoms with Gasteiger partial charge in [-0.05, 0) is 25.5 Å². The molecule has 0 saturated carbocycles. The Labute approximate surface area is 71.4 Å². The van der Waals surface area contributed by atoms with Crippen molar-refractivity contribution in [2.45, 2.75) is 27.1 Å². The quantitative estimate of drug-likeness (QED) is 0.678. The Hall–Kier alpha value is -1.12. The molecule has 0 aliphatic heterocycles. The minimum Gasteiger partial charge on any atom is -0.459 e. The van der Waals surface area contributed by atoms with E-state index in [0.717, 1.165) is 11.3 Å². The zero-order valence-corrected chi connectivity index (χ0v) is 7.47.